The Bertz CT molecular complexity index is 1010. The van der Waals surface area contributed by atoms with E-state index in [1.807, 2.05) is 0 Å². The molecule has 0 aliphatic heterocycles. The van der Waals surface area contributed by atoms with E-state index in [4.69, 9.17) is 39.5 Å². The Labute approximate surface area is 185 Å². The number of nitro benzene ring substituents is 1. The fraction of sp³-hybridized carbons (Fsp3) is 0.167. The normalized spacial score (nSPS) is 11.3. The largest absolute Gasteiger partial charge is 0.454 e. The number of anilines is 1. The molecule has 0 fully saturated rings. The standard InChI is InChI=1S/C18H14Cl3N3O6/c1-9(22-17(26)10-3-2-4-11(5-10)24(28)29)18(27)30-8-16(25)23-15-7-13(20)12(19)6-14(15)21/h2-7,9H,8H2,1H3,(H,22,26)(H,23,25)/t9-/m0/s1. The number of amides is 2. The van der Waals surface area contributed by atoms with Gasteiger partial charge >= 0.3 is 5.97 Å². The number of halogens is 3. The number of benzene rings is 2. The van der Waals surface area contributed by atoms with Gasteiger partial charge in [0.25, 0.3) is 17.5 Å². The topological polar surface area (TPSA) is 128 Å². The number of nitrogens with zero attached hydrogens (tertiary/aromatic N) is 1. The maximum atomic E-state index is 12.2. The fourth-order valence-electron chi connectivity index (χ4n) is 2.17. The van der Waals surface area contributed by atoms with E-state index >= 15 is 0 Å². The second kappa shape index (κ2) is 10.2. The van der Waals surface area contributed by atoms with Gasteiger partial charge in [0.15, 0.2) is 6.61 Å². The van der Waals surface area contributed by atoms with Crippen molar-refractivity contribution in [1.29, 1.82) is 0 Å². The van der Waals surface area contributed by atoms with Crippen molar-refractivity contribution >= 4 is 64.0 Å². The number of rotatable bonds is 7. The first kappa shape index (κ1) is 23.4. The average Bonchev–Trinajstić information content (AvgIpc) is 2.70. The summed E-state index contributed by atoms with van der Waals surface area (Å²) in [5, 5.41) is 16.1. The van der Waals surface area contributed by atoms with E-state index in [1.54, 1.807) is 0 Å². The summed E-state index contributed by atoms with van der Waals surface area (Å²) in [6.07, 6.45) is 0. The van der Waals surface area contributed by atoms with Crippen LogP contribution in [0.2, 0.25) is 15.1 Å². The minimum atomic E-state index is -1.11. The molecule has 0 aromatic heterocycles. The monoisotopic (exact) mass is 473 g/mol. The van der Waals surface area contributed by atoms with Crippen LogP contribution in [0.3, 0.4) is 0 Å². The lowest BCUT2D eigenvalue weighted by Crippen LogP contribution is -2.40. The Morgan fingerprint density at radius 2 is 1.77 bits per heavy atom. The molecule has 0 bridgehead atoms. The zero-order valence-corrected chi connectivity index (χ0v) is 17.5. The molecule has 2 aromatic rings. The van der Waals surface area contributed by atoms with E-state index in [1.165, 1.54) is 37.3 Å². The van der Waals surface area contributed by atoms with Gasteiger partial charge in [0, 0.05) is 17.7 Å². The number of carbonyl (C=O) groups is 3. The Kier molecular flexibility index (Phi) is 7.99. The molecule has 2 amide bonds. The number of nitrogens with one attached hydrogen (secondary N) is 2. The molecular weight excluding hydrogens is 461 g/mol. The summed E-state index contributed by atoms with van der Waals surface area (Å²) in [5.41, 5.74) is -0.0921. The van der Waals surface area contributed by atoms with Gasteiger partial charge in [-0.3, -0.25) is 19.7 Å². The lowest BCUT2D eigenvalue weighted by Gasteiger charge is -2.14. The highest BCUT2D eigenvalue weighted by Gasteiger charge is 2.20. The molecule has 9 nitrogen and oxygen atoms in total. The van der Waals surface area contributed by atoms with E-state index in [0.29, 0.717) is 0 Å². The van der Waals surface area contributed by atoms with Crippen LogP contribution in [0, 0.1) is 10.1 Å². The third-order valence-electron chi connectivity index (χ3n) is 3.65. The zero-order valence-electron chi connectivity index (χ0n) is 15.3. The molecule has 0 spiro atoms. The Balaban J connectivity index is 1.89. The molecule has 158 valence electrons. The summed E-state index contributed by atoms with van der Waals surface area (Å²) in [5.74, 6) is -2.29. The maximum absolute atomic E-state index is 12.2. The van der Waals surface area contributed by atoms with Crippen LogP contribution in [0.25, 0.3) is 0 Å². The van der Waals surface area contributed by atoms with Gasteiger partial charge in [0.1, 0.15) is 6.04 Å². The number of non-ortho nitro benzene ring substituents is 1. The van der Waals surface area contributed by atoms with E-state index in [0.717, 1.165) is 6.07 Å². The fourth-order valence-corrected chi connectivity index (χ4v) is 2.76. The number of hydrogen-bond acceptors (Lipinski definition) is 6. The third kappa shape index (κ3) is 6.31. The van der Waals surface area contributed by atoms with Crippen molar-refractivity contribution in [3.05, 3.63) is 67.1 Å². The van der Waals surface area contributed by atoms with Crippen molar-refractivity contribution in [3.63, 3.8) is 0 Å². The van der Waals surface area contributed by atoms with Crippen molar-refractivity contribution in [3.8, 4) is 0 Å². The second-order valence-electron chi connectivity index (χ2n) is 5.90. The minimum Gasteiger partial charge on any atom is -0.454 e. The average molecular weight is 475 g/mol. The summed E-state index contributed by atoms with van der Waals surface area (Å²) in [4.78, 5) is 46.3. The molecule has 0 unspecified atom stereocenters. The molecule has 30 heavy (non-hydrogen) atoms. The van der Waals surface area contributed by atoms with Gasteiger partial charge in [0.05, 0.1) is 25.7 Å². The quantitative estimate of drug-likeness (QED) is 0.271. The molecule has 2 rings (SSSR count). The summed E-state index contributed by atoms with van der Waals surface area (Å²) in [6.45, 7) is 0.692. The van der Waals surface area contributed by atoms with Gasteiger partial charge in [-0.05, 0) is 25.1 Å². The van der Waals surface area contributed by atoms with Crippen molar-refractivity contribution in [2.24, 2.45) is 0 Å². The van der Waals surface area contributed by atoms with Crippen molar-refractivity contribution in [2.75, 3.05) is 11.9 Å². The summed E-state index contributed by atoms with van der Waals surface area (Å²) in [7, 11) is 0. The number of ether oxygens (including phenoxy) is 1. The molecule has 0 saturated heterocycles. The van der Waals surface area contributed by atoms with Crippen LogP contribution in [-0.4, -0.2) is 35.4 Å². The van der Waals surface area contributed by atoms with Crippen molar-refractivity contribution in [2.45, 2.75) is 13.0 Å². The van der Waals surface area contributed by atoms with E-state index < -0.39 is 35.4 Å². The minimum absolute atomic E-state index is 0.00384. The van der Waals surface area contributed by atoms with Crippen LogP contribution in [0.15, 0.2) is 36.4 Å². The summed E-state index contributed by atoms with van der Waals surface area (Å²) >= 11 is 17.6. The number of nitro groups is 1. The van der Waals surface area contributed by atoms with E-state index in [2.05, 4.69) is 10.6 Å². The lowest BCUT2D eigenvalue weighted by molar-refractivity contribution is -0.384. The second-order valence-corrected chi connectivity index (χ2v) is 7.13. The molecule has 1 atom stereocenters. The SMILES string of the molecule is C[C@H](NC(=O)c1cccc([N+](=O)[O-])c1)C(=O)OCC(=O)Nc1cc(Cl)c(Cl)cc1Cl. The first-order chi connectivity index (χ1) is 14.1. The van der Waals surface area contributed by atoms with Crippen LogP contribution in [0.4, 0.5) is 11.4 Å². The number of carbonyl (C=O) groups excluding carboxylic acids is 3. The highest BCUT2D eigenvalue weighted by Crippen LogP contribution is 2.32. The van der Waals surface area contributed by atoms with Gasteiger partial charge < -0.3 is 15.4 Å². The van der Waals surface area contributed by atoms with Crippen molar-refractivity contribution in [1.82, 2.24) is 5.32 Å². The van der Waals surface area contributed by atoms with Gasteiger partial charge in [-0.15, -0.1) is 0 Å². The Morgan fingerprint density at radius 3 is 2.43 bits per heavy atom. The van der Waals surface area contributed by atoms with Crippen molar-refractivity contribution < 1.29 is 24.0 Å². The lowest BCUT2D eigenvalue weighted by atomic mass is 10.2. The van der Waals surface area contributed by atoms with Gasteiger partial charge in [-0.25, -0.2) is 4.79 Å². The number of esters is 1. The summed E-state index contributed by atoms with van der Waals surface area (Å²) in [6, 6.07) is 6.57. The highest BCUT2D eigenvalue weighted by atomic mass is 35.5. The number of hydrogen-bond donors (Lipinski definition) is 2. The first-order valence-electron chi connectivity index (χ1n) is 8.25. The van der Waals surface area contributed by atoms with Crippen LogP contribution in [0.1, 0.15) is 17.3 Å². The van der Waals surface area contributed by atoms with Crippen LogP contribution >= 0.6 is 34.8 Å². The summed E-state index contributed by atoms with van der Waals surface area (Å²) < 4.78 is 4.85. The smallest absolute Gasteiger partial charge is 0.328 e. The molecule has 0 aliphatic rings. The van der Waals surface area contributed by atoms with Crippen LogP contribution < -0.4 is 10.6 Å². The molecule has 2 aromatic carbocycles. The predicted molar refractivity (Wildman–Crippen MR) is 111 cm³/mol. The molecule has 0 saturated carbocycles. The maximum Gasteiger partial charge on any atom is 0.328 e. The first-order valence-corrected chi connectivity index (χ1v) is 9.38. The Hall–Kier alpha value is -2.88. The highest BCUT2D eigenvalue weighted by molar-refractivity contribution is 6.44. The molecule has 12 heteroatoms. The van der Waals surface area contributed by atoms with Gasteiger partial charge in [-0.2, -0.15) is 0 Å². The Morgan fingerprint density at radius 1 is 1.10 bits per heavy atom. The molecular formula is C18H14Cl3N3O6. The molecule has 0 radical (unpaired) electrons. The molecule has 0 aliphatic carbocycles. The van der Waals surface area contributed by atoms with Crippen LogP contribution in [-0.2, 0) is 14.3 Å². The zero-order chi connectivity index (χ0) is 22.4. The van der Waals surface area contributed by atoms with Gasteiger partial charge in [-0.1, -0.05) is 40.9 Å². The van der Waals surface area contributed by atoms with Crippen LogP contribution in [0.5, 0.6) is 0 Å². The van der Waals surface area contributed by atoms with E-state index in [9.17, 15) is 24.5 Å². The molecule has 0 heterocycles. The predicted octanol–water partition coefficient (Wildman–Crippen LogP) is 3.86. The third-order valence-corrected chi connectivity index (χ3v) is 4.68. The molecule has 2 N–H and O–H groups in total. The van der Waals surface area contributed by atoms with Gasteiger partial charge in [0.2, 0.25) is 0 Å². The van der Waals surface area contributed by atoms with E-state index in [-0.39, 0.29) is 32.0 Å².